The summed E-state index contributed by atoms with van der Waals surface area (Å²) in [5.74, 6) is 1.71. The number of nitrogens with one attached hydrogen (secondary N) is 1. The van der Waals surface area contributed by atoms with Gasteiger partial charge in [0, 0.05) is 32.3 Å². The quantitative estimate of drug-likeness (QED) is 0.00576. The number of esters is 2. The maximum absolute atomic E-state index is 11.0. The first-order valence-electron chi connectivity index (χ1n) is 21.9. The Kier molecular flexibility index (Phi) is 56.6. The minimum atomic E-state index is -1.17. The van der Waals surface area contributed by atoms with E-state index in [-0.39, 0.29) is 103 Å². The molecule has 1 aliphatic heterocycles. The van der Waals surface area contributed by atoms with Crippen molar-refractivity contribution in [3.63, 3.8) is 0 Å². The molecule has 0 spiro atoms. The number of rotatable bonds is 29. The third-order valence-corrected chi connectivity index (χ3v) is 7.90. The molecule has 0 bridgehead atoms. The topological polar surface area (TPSA) is 469 Å². The van der Waals surface area contributed by atoms with Gasteiger partial charge in [0.2, 0.25) is 18.1 Å². The molecule has 2 aromatic rings. The Morgan fingerprint density at radius 3 is 1.38 bits per heavy atom. The van der Waals surface area contributed by atoms with Gasteiger partial charge in [0.15, 0.2) is 0 Å². The molecule has 28 heteroatoms. The molecule has 3 rings (SSSR count). The Bertz CT molecular complexity index is 1640. The fourth-order valence-electron chi connectivity index (χ4n) is 4.09. The number of ether oxygens (including phenoxy) is 3. The van der Waals surface area contributed by atoms with Crippen molar-refractivity contribution in [3.8, 4) is 0 Å². The van der Waals surface area contributed by atoms with Crippen LogP contribution in [0.4, 0.5) is 11.4 Å². The summed E-state index contributed by atoms with van der Waals surface area (Å²) in [5, 5.41) is 79.6. The molecule has 1 fully saturated rings. The molecule has 1 heterocycles. The van der Waals surface area contributed by atoms with Gasteiger partial charge in [0.1, 0.15) is 44.2 Å². The summed E-state index contributed by atoms with van der Waals surface area (Å²) < 4.78 is 13.9. The van der Waals surface area contributed by atoms with Crippen molar-refractivity contribution in [2.24, 2.45) is 27.5 Å². The number of carboxylic acids is 1. The Labute approximate surface area is 415 Å². The number of Topliss-reactive ketones (excluding diaryl/α,β-unsaturated/α-hetero) is 1. The number of carbonyl (C=O) groups is 5. The molecule has 0 aromatic heterocycles. The van der Waals surface area contributed by atoms with E-state index in [9.17, 15) is 33.6 Å². The maximum atomic E-state index is 11.0. The van der Waals surface area contributed by atoms with Crippen molar-refractivity contribution in [1.29, 1.82) is 0 Å². The smallest absolute Gasteiger partial charge is 0.311 e. The van der Waals surface area contributed by atoms with Crippen LogP contribution in [0, 0.1) is 5.92 Å². The number of carbonyl (C=O) groups excluding carboxylic acids is 6. The molecule has 1 amide bonds. The number of nitrogens with two attached hydrogens (primary N) is 2. The van der Waals surface area contributed by atoms with E-state index >= 15 is 0 Å². The highest BCUT2D eigenvalue weighted by Gasteiger charge is 2.19. The zero-order valence-electron chi connectivity index (χ0n) is 39.9. The third-order valence-electron chi connectivity index (χ3n) is 7.90. The van der Waals surface area contributed by atoms with Crippen LogP contribution in [0.15, 0.2) is 58.5 Å². The van der Waals surface area contributed by atoms with Crippen LogP contribution in [0.1, 0.15) is 68.9 Å². The van der Waals surface area contributed by atoms with Crippen LogP contribution in [0.25, 0.3) is 0 Å². The largest absolute Gasteiger partial charge is 0.481 e. The van der Waals surface area contributed by atoms with Crippen LogP contribution >= 0.6 is 0 Å². The van der Waals surface area contributed by atoms with Gasteiger partial charge in [-0.25, -0.2) is 30.1 Å². The number of amides is 1. The van der Waals surface area contributed by atoms with Crippen LogP contribution in [-0.2, 0) is 68.9 Å². The number of ketones is 1. The number of carboxylic acid groups (broad SMARTS) is 1. The van der Waals surface area contributed by atoms with E-state index in [1.165, 1.54) is 12.2 Å². The molecule has 72 heavy (non-hydrogen) atoms. The molecular formula is C44H71N5O23. The van der Waals surface area contributed by atoms with Gasteiger partial charge in [-0.2, -0.15) is 9.98 Å². The number of hydrogen-bond donors (Lipinski definition) is 13. The summed E-state index contributed by atoms with van der Waals surface area (Å²) >= 11 is 0. The lowest BCUT2D eigenvalue weighted by Gasteiger charge is -2.04. The van der Waals surface area contributed by atoms with Gasteiger partial charge in [0.05, 0.1) is 64.2 Å². The molecule has 1 unspecified atom stereocenters. The van der Waals surface area contributed by atoms with Crippen molar-refractivity contribution >= 4 is 53.1 Å². The summed E-state index contributed by atoms with van der Waals surface area (Å²) in [6, 6.07) is 14.7. The van der Waals surface area contributed by atoms with Crippen molar-refractivity contribution < 1.29 is 114 Å². The predicted molar refractivity (Wildman–Crippen MR) is 250 cm³/mol. The molecule has 2 aromatic carbocycles. The summed E-state index contributed by atoms with van der Waals surface area (Å²) in [6.45, 7) is -0.0507. The highest BCUT2D eigenvalue weighted by Crippen LogP contribution is 2.18. The van der Waals surface area contributed by atoms with Gasteiger partial charge < -0.3 is 55.7 Å². The molecule has 1 atom stereocenters. The number of hydrazine groups is 1. The summed E-state index contributed by atoms with van der Waals surface area (Å²) in [7, 11) is 0. The minimum absolute atomic E-state index is 0. The van der Waals surface area contributed by atoms with E-state index in [0.717, 1.165) is 24.2 Å². The van der Waals surface area contributed by atoms with Crippen LogP contribution in [-0.4, -0.2) is 185 Å². The molecule has 0 saturated carbocycles. The summed E-state index contributed by atoms with van der Waals surface area (Å²) in [6.07, 6.45) is 8.12. The van der Waals surface area contributed by atoms with Gasteiger partial charge in [-0.15, -0.1) is 0 Å². The number of epoxide rings is 1. The molecule has 410 valence electrons. The van der Waals surface area contributed by atoms with E-state index in [1.54, 1.807) is 24.3 Å². The van der Waals surface area contributed by atoms with Crippen LogP contribution < -0.4 is 17.0 Å². The summed E-state index contributed by atoms with van der Waals surface area (Å²) in [4.78, 5) is 91.2. The number of aliphatic imine (C=N–C) groups is 2. The van der Waals surface area contributed by atoms with Crippen LogP contribution in [0.3, 0.4) is 0 Å². The van der Waals surface area contributed by atoms with Crippen molar-refractivity contribution in [1.82, 2.24) is 5.43 Å². The Morgan fingerprint density at radius 2 is 1.08 bits per heavy atom. The number of nitrogens with zero attached hydrogens (tertiary/aromatic N) is 2. The lowest BCUT2D eigenvalue weighted by atomic mass is 10.0. The number of isocyanates is 2. The van der Waals surface area contributed by atoms with Gasteiger partial charge in [0.25, 0.3) is 0 Å². The van der Waals surface area contributed by atoms with Crippen molar-refractivity contribution in [3.05, 3.63) is 59.7 Å². The predicted octanol–water partition coefficient (Wildman–Crippen LogP) is -0.232. The van der Waals surface area contributed by atoms with Gasteiger partial charge in [-0.05, 0) is 73.9 Å². The average molecular weight is 1040 g/mol. The zero-order chi connectivity index (χ0) is 55.0. The molecule has 0 radical (unpaired) electrons. The Hall–Kier alpha value is -5.85. The van der Waals surface area contributed by atoms with Gasteiger partial charge in [-0.3, -0.25) is 45.2 Å². The molecule has 28 nitrogen and oxygen atoms in total. The Morgan fingerprint density at radius 1 is 0.639 bits per heavy atom. The number of benzene rings is 2. The van der Waals surface area contributed by atoms with Gasteiger partial charge >= 0.3 is 17.9 Å². The second-order valence-corrected chi connectivity index (χ2v) is 13.6. The van der Waals surface area contributed by atoms with Crippen molar-refractivity contribution in [2.45, 2.75) is 70.3 Å². The highest BCUT2D eigenvalue weighted by molar-refractivity contribution is 5.80. The van der Waals surface area contributed by atoms with E-state index in [2.05, 4.69) is 38.9 Å². The number of hydrogen-bond acceptors (Lipinski definition) is 26. The van der Waals surface area contributed by atoms with E-state index < -0.39 is 31.1 Å². The van der Waals surface area contributed by atoms with Crippen molar-refractivity contribution in [2.75, 3.05) is 85.8 Å². The normalized spacial score (nSPS) is 11.2. The molecule has 0 aliphatic carbocycles. The Balaban J connectivity index is -0.000000398. The number of unbranched alkanes of at least 4 members (excludes halogenated alkanes) is 2. The standard InChI is InChI=1S/C15H10N2O2.C10H18O7.C7H15N3O2.C4H8O4.C3H8O3.C3H6O2.C2H6O3/c18-10-16-14-5-1-12(2-6-14)9-13-3-7-15(8-4-13)17-11-19;11-5-6-15-9(12)3-1-2-4-10(13)16-7-8-17-14;8-5-6(11)3-1-2-4-7(12)10-9;5-1-3(2-6)4(7)8;4-2-1-3-6-5;4-1-3-2-5-3;3-1-2-5-4/h1-8H,9H2;11,14H,1-8H2;1-5,8-9H2,(H,10,12);3,5-6H,1-2H2,(H,7,8);4-5H,1-3H2;2*3-4H,1-2H2. The lowest BCUT2D eigenvalue weighted by Crippen LogP contribution is -2.29. The molecule has 15 N–H and O–H groups in total. The SMILES string of the molecule is NCC(=O)CCCCC(=O)NN.O=C(CCCCC(=O)OCCOO)OCCO.O=C(O)C(CO)CO.O=C=Nc1ccc(Cc2ccc(N=C=O)cc2)cc1.OCC1CO1.OCCCOO.OCCOO. The van der Waals surface area contributed by atoms with E-state index in [0.29, 0.717) is 56.3 Å². The monoisotopic (exact) mass is 1040 g/mol. The lowest BCUT2D eigenvalue weighted by molar-refractivity contribution is -0.248. The second kappa shape index (κ2) is 56.1. The number of aliphatic carboxylic acids is 1. The molecule has 1 saturated heterocycles. The first-order valence-corrected chi connectivity index (χ1v) is 21.9. The van der Waals surface area contributed by atoms with Gasteiger partial charge in [-0.1, -0.05) is 24.3 Å². The first kappa shape index (κ1) is 72.7. The fraction of sp³-hybridized carbons (Fsp3) is 0.568. The molecule has 1 aliphatic rings. The maximum Gasteiger partial charge on any atom is 0.311 e. The number of aliphatic hydroxyl groups excluding tert-OH is 6. The van der Waals surface area contributed by atoms with E-state index in [1.807, 2.05) is 29.7 Å². The summed E-state index contributed by atoms with van der Waals surface area (Å²) in [5.41, 5.74) is 10.5. The zero-order valence-corrected chi connectivity index (χ0v) is 39.9. The first-order chi connectivity index (χ1) is 34.7. The average Bonchev–Trinajstić information content (AvgIpc) is 4.24. The highest BCUT2D eigenvalue weighted by atomic mass is 17.1. The third kappa shape index (κ3) is 53.5. The fourth-order valence-corrected chi connectivity index (χ4v) is 4.09. The molecular weight excluding hydrogens is 966 g/mol. The van der Waals surface area contributed by atoms with Crippen LogP contribution in [0.2, 0.25) is 0 Å². The van der Waals surface area contributed by atoms with E-state index in [4.69, 9.17) is 63.1 Å². The minimum Gasteiger partial charge on any atom is -0.481 e. The number of aliphatic hydroxyl groups is 6. The second-order valence-electron chi connectivity index (χ2n) is 13.6. The van der Waals surface area contributed by atoms with Crippen LogP contribution in [0.5, 0.6) is 0 Å².